The predicted octanol–water partition coefficient (Wildman–Crippen LogP) is 0.582. The third kappa shape index (κ3) is 2.39. The molecule has 0 saturated carbocycles. The second kappa shape index (κ2) is 4.71. The maximum absolute atomic E-state index is 11.7. The first kappa shape index (κ1) is 11.9. The number of carbonyl (C=O) groups excluding carboxylic acids is 2. The number of carbonyl (C=O) groups is 2. The van der Waals surface area contributed by atoms with Crippen LogP contribution in [0.25, 0.3) is 0 Å². The lowest BCUT2D eigenvalue weighted by Gasteiger charge is -2.32. The van der Waals surface area contributed by atoms with Crippen LogP contribution in [0.2, 0.25) is 5.02 Å². The average Bonchev–Trinajstić information content (AvgIpc) is 2.32. The Balaban J connectivity index is 2.19. The molecule has 1 fully saturated rings. The van der Waals surface area contributed by atoms with Crippen molar-refractivity contribution in [3.63, 3.8) is 0 Å². The van der Waals surface area contributed by atoms with Crippen LogP contribution in [0.5, 0.6) is 0 Å². The van der Waals surface area contributed by atoms with Crippen LogP contribution in [0.3, 0.4) is 0 Å². The van der Waals surface area contributed by atoms with E-state index in [2.05, 4.69) is 10.3 Å². The summed E-state index contributed by atoms with van der Waals surface area (Å²) in [6.45, 7) is 2.07. The summed E-state index contributed by atoms with van der Waals surface area (Å²) in [5.41, 5.74) is 0.788. The highest BCUT2D eigenvalue weighted by Gasteiger charge is 2.30. The van der Waals surface area contributed by atoms with E-state index in [1.165, 1.54) is 11.1 Å². The first-order valence-corrected chi connectivity index (χ1v) is 5.63. The van der Waals surface area contributed by atoms with Crippen molar-refractivity contribution >= 4 is 23.4 Å². The van der Waals surface area contributed by atoms with E-state index in [1.54, 1.807) is 19.2 Å². The Morgan fingerprint density at radius 3 is 3.06 bits per heavy atom. The zero-order valence-corrected chi connectivity index (χ0v) is 10.1. The fraction of sp³-hybridized carbons (Fsp3) is 0.364. The molecule has 1 aliphatic rings. The monoisotopic (exact) mass is 253 g/mol. The summed E-state index contributed by atoms with van der Waals surface area (Å²) in [5, 5.41) is 3.04. The molecule has 1 saturated heterocycles. The minimum absolute atomic E-state index is 0.0475. The van der Waals surface area contributed by atoms with Gasteiger partial charge in [0, 0.05) is 18.9 Å². The van der Waals surface area contributed by atoms with Gasteiger partial charge in [0.1, 0.15) is 6.04 Å². The van der Waals surface area contributed by atoms with Gasteiger partial charge in [-0.05, 0) is 18.6 Å². The highest BCUT2D eigenvalue weighted by molar-refractivity contribution is 6.31. The lowest BCUT2D eigenvalue weighted by atomic mass is 10.1. The van der Waals surface area contributed by atoms with E-state index in [0.29, 0.717) is 11.6 Å². The van der Waals surface area contributed by atoms with Crippen LogP contribution >= 0.6 is 11.6 Å². The molecule has 17 heavy (non-hydrogen) atoms. The number of rotatable bonds is 2. The minimum Gasteiger partial charge on any atom is -0.345 e. The topological polar surface area (TPSA) is 62.3 Å². The van der Waals surface area contributed by atoms with Gasteiger partial charge in [0.05, 0.1) is 11.6 Å². The number of aromatic nitrogens is 1. The van der Waals surface area contributed by atoms with Gasteiger partial charge in [-0.25, -0.2) is 0 Å². The molecule has 2 heterocycles. The lowest BCUT2D eigenvalue weighted by molar-refractivity contribution is -0.145. The Kier molecular flexibility index (Phi) is 3.28. The van der Waals surface area contributed by atoms with Crippen molar-refractivity contribution in [2.75, 3.05) is 6.54 Å². The number of piperazine rings is 1. The zero-order valence-electron chi connectivity index (χ0n) is 9.31. The molecule has 2 amide bonds. The molecule has 1 aromatic heterocycles. The van der Waals surface area contributed by atoms with Crippen molar-refractivity contribution in [1.29, 1.82) is 0 Å². The number of nitrogens with zero attached hydrogens (tertiary/aromatic N) is 2. The second-order valence-electron chi connectivity index (χ2n) is 3.88. The molecule has 6 heteroatoms. The van der Waals surface area contributed by atoms with Gasteiger partial charge in [0.15, 0.2) is 0 Å². The first-order chi connectivity index (χ1) is 8.09. The third-order valence-corrected chi connectivity index (χ3v) is 3.12. The molecule has 1 unspecified atom stereocenters. The van der Waals surface area contributed by atoms with Gasteiger partial charge in [-0.2, -0.15) is 0 Å². The van der Waals surface area contributed by atoms with E-state index in [9.17, 15) is 9.59 Å². The maximum Gasteiger partial charge on any atom is 0.242 e. The van der Waals surface area contributed by atoms with Gasteiger partial charge in [-0.15, -0.1) is 0 Å². The molecule has 0 aromatic carbocycles. The smallest absolute Gasteiger partial charge is 0.242 e. The summed E-state index contributed by atoms with van der Waals surface area (Å²) in [6.07, 6.45) is 3.14. The fourth-order valence-corrected chi connectivity index (χ4v) is 1.89. The van der Waals surface area contributed by atoms with Crippen molar-refractivity contribution in [1.82, 2.24) is 15.2 Å². The molecule has 0 spiro atoms. The molecular formula is C11H12ClN3O2. The highest BCUT2D eigenvalue weighted by Crippen LogP contribution is 2.18. The quantitative estimate of drug-likeness (QED) is 0.839. The SMILES string of the molecule is CC1C(=O)NCC(=O)N1Cc1ccncc1Cl. The highest BCUT2D eigenvalue weighted by atomic mass is 35.5. The van der Waals surface area contributed by atoms with Crippen molar-refractivity contribution in [2.24, 2.45) is 0 Å². The van der Waals surface area contributed by atoms with Gasteiger partial charge in [-0.3, -0.25) is 14.6 Å². The Morgan fingerprint density at radius 1 is 1.59 bits per heavy atom. The molecule has 1 atom stereocenters. The third-order valence-electron chi connectivity index (χ3n) is 2.78. The molecule has 5 nitrogen and oxygen atoms in total. The zero-order chi connectivity index (χ0) is 12.4. The summed E-state index contributed by atoms with van der Waals surface area (Å²) in [6, 6.07) is 1.27. The minimum atomic E-state index is -0.472. The van der Waals surface area contributed by atoms with E-state index in [0.717, 1.165) is 5.56 Å². The van der Waals surface area contributed by atoms with Crippen molar-refractivity contribution in [3.8, 4) is 0 Å². The van der Waals surface area contributed by atoms with Crippen LogP contribution in [0.15, 0.2) is 18.5 Å². The molecule has 90 valence electrons. The number of amides is 2. The van der Waals surface area contributed by atoms with Crippen molar-refractivity contribution in [2.45, 2.75) is 19.5 Å². The molecule has 0 radical (unpaired) electrons. The van der Waals surface area contributed by atoms with Gasteiger partial charge in [-0.1, -0.05) is 11.6 Å². The molecule has 1 aromatic rings. The summed E-state index contributed by atoms with van der Waals surface area (Å²) >= 11 is 5.97. The first-order valence-electron chi connectivity index (χ1n) is 5.25. The van der Waals surface area contributed by atoms with E-state index in [1.807, 2.05) is 0 Å². The van der Waals surface area contributed by atoms with Gasteiger partial charge >= 0.3 is 0 Å². The summed E-state index contributed by atoms with van der Waals surface area (Å²) < 4.78 is 0. The van der Waals surface area contributed by atoms with Crippen LogP contribution in [-0.2, 0) is 16.1 Å². The van der Waals surface area contributed by atoms with Crippen molar-refractivity contribution in [3.05, 3.63) is 29.0 Å². The molecule has 0 bridgehead atoms. The van der Waals surface area contributed by atoms with Crippen LogP contribution < -0.4 is 5.32 Å². The number of pyridine rings is 1. The Morgan fingerprint density at radius 2 is 2.35 bits per heavy atom. The number of hydrogen-bond donors (Lipinski definition) is 1. The van der Waals surface area contributed by atoms with Crippen molar-refractivity contribution < 1.29 is 9.59 Å². The molecule has 2 rings (SSSR count). The van der Waals surface area contributed by atoms with E-state index in [-0.39, 0.29) is 18.4 Å². The average molecular weight is 254 g/mol. The molecular weight excluding hydrogens is 242 g/mol. The summed E-state index contributed by atoms with van der Waals surface area (Å²) in [5.74, 6) is -0.250. The van der Waals surface area contributed by atoms with Crippen LogP contribution in [-0.4, -0.2) is 34.3 Å². The Bertz CT molecular complexity index is 464. The Labute approximate surface area is 104 Å². The normalized spacial score (nSPS) is 20.4. The summed E-state index contributed by atoms with van der Waals surface area (Å²) in [7, 11) is 0. The van der Waals surface area contributed by atoms with Gasteiger partial charge in [0.2, 0.25) is 11.8 Å². The lowest BCUT2D eigenvalue weighted by Crippen LogP contribution is -2.56. The van der Waals surface area contributed by atoms with E-state index in [4.69, 9.17) is 11.6 Å². The van der Waals surface area contributed by atoms with Gasteiger partial charge in [0.25, 0.3) is 0 Å². The van der Waals surface area contributed by atoms with Crippen LogP contribution in [0, 0.1) is 0 Å². The van der Waals surface area contributed by atoms with Crippen LogP contribution in [0.4, 0.5) is 0 Å². The standard InChI is InChI=1S/C11H12ClN3O2/c1-7-11(17)14-5-10(16)15(7)6-8-2-3-13-4-9(8)12/h2-4,7H,5-6H2,1H3,(H,14,17). The van der Waals surface area contributed by atoms with E-state index < -0.39 is 6.04 Å². The number of nitrogens with one attached hydrogen (secondary N) is 1. The number of hydrogen-bond acceptors (Lipinski definition) is 3. The fourth-order valence-electron chi connectivity index (χ4n) is 1.71. The Hall–Kier alpha value is -1.62. The molecule has 1 N–H and O–H groups in total. The van der Waals surface area contributed by atoms with E-state index >= 15 is 0 Å². The van der Waals surface area contributed by atoms with Crippen LogP contribution in [0.1, 0.15) is 12.5 Å². The number of halogens is 1. The largest absolute Gasteiger partial charge is 0.345 e. The van der Waals surface area contributed by atoms with Gasteiger partial charge < -0.3 is 10.2 Å². The predicted molar refractivity (Wildman–Crippen MR) is 62.3 cm³/mol. The molecule has 0 aliphatic carbocycles. The second-order valence-corrected chi connectivity index (χ2v) is 4.29. The molecule has 1 aliphatic heterocycles. The summed E-state index contributed by atoms with van der Waals surface area (Å²) in [4.78, 5) is 28.6. The maximum atomic E-state index is 11.7.